The molecule has 3 N–H and O–H groups in total. The third kappa shape index (κ3) is 4.26. The van der Waals surface area contributed by atoms with Crippen LogP contribution in [0.4, 0.5) is 0 Å². The molecule has 16 heavy (non-hydrogen) atoms. The molecule has 1 atom stereocenters. The highest BCUT2D eigenvalue weighted by Crippen LogP contribution is 1.99. The molecule has 1 rings (SSSR count). The molecule has 0 bridgehead atoms. The maximum absolute atomic E-state index is 9.56. The highest BCUT2D eigenvalue weighted by molar-refractivity contribution is 4.91. The van der Waals surface area contributed by atoms with Crippen molar-refractivity contribution in [2.24, 2.45) is 5.92 Å². The molecule has 0 amide bonds. The molecule has 0 saturated heterocycles. The van der Waals surface area contributed by atoms with Gasteiger partial charge in [0.2, 0.25) is 0 Å². The summed E-state index contributed by atoms with van der Waals surface area (Å²) in [6.07, 6.45) is 1.44. The van der Waals surface area contributed by atoms with Crippen LogP contribution in [-0.2, 0) is 13.1 Å². The summed E-state index contributed by atoms with van der Waals surface area (Å²) in [5, 5.41) is 29.1. The molecule has 0 spiro atoms. The summed E-state index contributed by atoms with van der Waals surface area (Å²) in [4.78, 5) is 0. The standard InChI is InChI=1S/C10H20N4O2/c1-8(2)10(16)6-11-5-9-7-14(3-4-15)13-12-9/h7-8,10-11,15-16H,3-6H2,1-2H3. The lowest BCUT2D eigenvalue weighted by Gasteiger charge is -2.14. The van der Waals surface area contributed by atoms with Gasteiger partial charge in [-0.05, 0) is 5.92 Å². The Bertz CT molecular complexity index is 301. The molecule has 0 aliphatic heterocycles. The molecule has 6 heteroatoms. The predicted octanol–water partition coefficient (Wildman–Crippen LogP) is -0.623. The minimum absolute atomic E-state index is 0.0578. The smallest absolute Gasteiger partial charge is 0.0964 e. The Labute approximate surface area is 95.3 Å². The number of hydrogen-bond acceptors (Lipinski definition) is 5. The van der Waals surface area contributed by atoms with Gasteiger partial charge in [0.15, 0.2) is 0 Å². The highest BCUT2D eigenvalue weighted by Gasteiger charge is 2.08. The van der Waals surface area contributed by atoms with Gasteiger partial charge in [0, 0.05) is 19.3 Å². The molecule has 1 aromatic heterocycles. The first-order chi connectivity index (χ1) is 7.63. The summed E-state index contributed by atoms with van der Waals surface area (Å²) in [5.74, 6) is 0.248. The summed E-state index contributed by atoms with van der Waals surface area (Å²) in [7, 11) is 0. The van der Waals surface area contributed by atoms with Crippen LogP contribution in [0, 0.1) is 5.92 Å². The van der Waals surface area contributed by atoms with Crippen LogP contribution in [0.5, 0.6) is 0 Å². The van der Waals surface area contributed by atoms with E-state index in [4.69, 9.17) is 5.11 Å². The average Bonchev–Trinajstić information content (AvgIpc) is 2.66. The summed E-state index contributed by atoms with van der Waals surface area (Å²) >= 11 is 0. The predicted molar refractivity (Wildman–Crippen MR) is 59.7 cm³/mol. The summed E-state index contributed by atoms with van der Waals surface area (Å²) < 4.78 is 1.59. The molecule has 1 heterocycles. The first kappa shape index (κ1) is 13.1. The lowest BCUT2D eigenvalue weighted by Crippen LogP contribution is -2.30. The Morgan fingerprint density at radius 1 is 1.50 bits per heavy atom. The van der Waals surface area contributed by atoms with Gasteiger partial charge in [-0.15, -0.1) is 5.10 Å². The number of aliphatic hydroxyl groups excluding tert-OH is 2. The zero-order chi connectivity index (χ0) is 12.0. The summed E-state index contributed by atoms with van der Waals surface area (Å²) in [5.41, 5.74) is 0.810. The van der Waals surface area contributed by atoms with Crippen LogP contribution in [0.2, 0.25) is 0 Å². The van der Waals surface area contributed by atoms with E-state index < -0.39 is 0 Å². The molecule has 0 aromatic carbocycles. The fourth-order valence-electron chi connectivity index (χ4n) is 1.22. The minimum Gasteiger partial charge on any atom is -0.394 e. The van der Waals surface area contributed by atoms with Crippen molar-refractivity contribution in [3.05, 3.63) is 11.9 Å². The largest absolute Gasteiger partial charge is 0.394 e. The van der Waals surface area contributed by atoms with Gasteiger partial charge in [0.25, 0.3) is 0 Å². The van der Waals surface area contributed by atoms with Crippen LogP contribution in [-0.4, -0.2) is 44.5 Å². The number of aromatic nitrogens is 3. The van der Waals surface area contributed by atoms with E-state index >= 15 is 0 Å². The van der Waals surface area contributed by atoms with Gasteiger partial charge in [0.05, 0.1) is 24.9 Å². The average molecular weight is 228 g/mol. The Kier molecular flexibility index (Phi) is 5.37. The number of aliphatic hydroxyl groups is 2. The van der Waals surface area contributed by atoms with E-state index in [1.807, 2.05) is 13.8 Å². The van der Waals surface area contributed by atoms with E-state index in [-0.39, 0.29) is 18.6 Å². The minimum atomic E-state index is -0.340. The SMILES string of the molecule is CC(C)C(O)CNCc1cn(CCO)nn1. The van der Waals surface area contributed by atoms with E-state index in [1.54, 1.807) is 10.9 Å². The molecule has 1 unspecified atom stereocenters. The van der Waals surface area contributed by atoms with E-state index in [0.717, 1.165) is 5.69 Å². The quantitative estimate of drug-likeness (QED) is 0.579. The van der Waals surface area contributed by atoms with Gasteiger partial charge in [-0.3, -0.25) is 0 Å². The van der Waals surface area contributed by atoms with E-state index in [9.17, 15) is 5.11 Å². The van der Waals surface area contributed by atoms with Gasteiger partial charge >= 0.3 is 0 Å². The van der Waals surface area contributed by atoms with Crippen LogP contribution < -0.4 is 5.32 Å². The van der Waals surface area contributed by atoms with Crippen molar-refractivity contribution in [3.63, 3.8) is 0 Å². The normalized spacial score (nSPS) is 13.3. The highest BCUT2D eigenvalue weighted by atomic mass is 16.3. The Morgan fingerprint density at radius 3 is 2.88 bits per heavy atom. The fraction of sp³-hybridized carbons (Fsp3) is 0.800. The van der Waals surface area contributed by atoms with Crippen molar-refractivity contribution in [1.29, 1.82) is 0 Å². The number of nitrogens with zero attached hydrogens (tertiary/aromatic N) is 3. The zero-order valence-corrected chi connectivity index (χ0v) is 9.80. The van der Waals surface area contributed by atoms with Crippen molar-refractivity contribution < 1.29 is 10.2 Å². The molecule has 0 radical (unpaired) electrons. The summed E-state index contributed by atoms with van der Waals surface area (Å²) in [6, 6.07) is 0. The first-order valence-corrected chi connectivity index (χ1v) is 5.52. The molecule has 0 aliphatic carbocycles. The number of rotatable bonds is 7. The molecule has 0 aliphatic rings. The second-order valence-electron chi connectivity index (χ2n) is 4.14. The molecular weight excluding hydrogens is 208 g/mol. The molecule has 0 saturated carbocycles. The van der Waals surface area contributed by atoms with Crippen molar-refractivity contribution in [3.8, 4) is 0 Å². The second kappa shape index (κ2) is 6.57. The lowest BCUT2D eigenvalue weighted by atomic mass is 10.1. The van der Waals surface area contributed by atoms with Crippen LogP contribution >= 0.6 is 0 Å². The summed E-state index contributed by atoms with van der Waals surface area (Å²) in [6.45, 7) is 5.59. The zero-order valence-electron chi connectivity index (χ0n) is 9.80. The lowest BCUT2D eigenvalue weighted by molar-refractivity contribution is 0.123. The second-order valence-corrected chi connectivity index (χ2v) is 4.14. The maximum atomic E-state index is 9.56. The first-order valence-electron chi connectivity index (χ1n) is 5.52. The maximum Gasteiger partial charge on any atom is 0.0964 e. The van der Waals surface area contributed by atoms with Crippen LogP contribution in [0.15, 0.2) is 6.20 Å². The third-order valence-corrected chi connectivity index (χ3v) is 2.34. The van der Waals surface area contributed by atoms with Crippen LogP contribution in [0.25, 0.3) is 0 Å². The van der Waals surface area contributed by atoms with Gasteiger partial charge < -0.3 is 15.5 Å². The van der Waals surface area contributed by atoms with Crippen molar-refractivity contribution in [2.45, 2.75) is 33.0 Å². The van der Waals surface area contributed by atoms with E-state index in [0.29, 0.717) is 19.6 Å². The number of nitrogens with one attached hydrogen (secondary N) is 1. The molecule has 1 aromatic rings. The van der Waals surface area contributed by atoms with Gasteiger partial charge in [-0.1, -0.05) is 19.1 Å². The molecule has 6 nitrogen and oxygen atoms in total. The molecule has 0 fully saturated rings. The Balaban J connectivity index is 2.26. The van der Waals surface area contributed by atoms with Gasteiger partial charge in [-0.25, -0.2) is 4.68 Å². The van der Waals surface area contributed by atoms with Crippen molar-refractivity contribution in [2.75, 3.05) is 13.2 Å². The van der Waals surface area contributed by atoms with Crippen molar-refractivity contribution in [1.82, 2.24) is 20.3 Å². The monoisotopic (exact) mass is 228 g/mol. The van der Waals surface area contributed by atoms with E-state index in [1.165, 1.54) is 0 Å². The third-order valence-electron chi connectivity index (χ3n) is 2.34. The van der Waals surface area contributed by atoms with Crippen LogP contribution in [0.1, 0.15) is 19.5 Å². The topological polar surface area (TPSA) is 83.2 Å². The molecular formula is C10H20N4O2. The van der Waals surface area contributed by atoms with Crippen LogP contribution in [0.3, 0.4) is 0 Å². The van der Waals surface area contributed by atoms with Gasteiger partial charge in [-0.2, -0.15) is 0 Å². The van der Waals surface area contributed by atoms with E-state index in [2.05, 4.69) is 15.6 Å². The van der Waals surface area contributed by atoms with Crippen molar-refractivity contribution >= 4 is 0 Å². The molecule has 92 valence electrons. The number of hydrogen-bond donors (Lipinski definition) is 3. The van der Waals surface area contributed by atoms with Gasteiger partial charge in [0.1, 0.15) is 0 Å². The Morgan fingerprint density at radius 2 is 2.25 bits per heavy atom. The fourth-order valence-corrected chi connectivity index (χ4v) is 1.22. The Hall–Kier alpha value is -0.980.